The van der Waals surface area contributed by atoms with E-state index < -0.39 is 0 Å². The summed E-state index contributed by atoms with van der Waals surface area (Å²) in [5.74, 6) is 0.626. The predicted molar refractivity (Wildman–Crippen MR) is 129 cm³/mol. The molecule has 5 nitrogen and oxygen atoms in total. The average Bonchev–Trinajstić information content (AvgIpc) is 2.76. The predicted octanol–water partition coefficient (Wildman–Crippen LogP) is 5.21. The van der Waals surface area contributed by atoms with Gasteiger partial charge in [0.05, 0.1) is 24.2 Å². The summed E-state index contributed by atoms with van der Waals surface area (Å²) in [7, 11) is 0. The monoisotopic (exact) mass is 445 g/mol. The van der Waals surface area contributed by atoms with Gasteiger partial charge in [-0.2, -0.15) is 0 Å². The summed E-state index contributed by atoms with van der Waals surface area (Å²) in [5.41, 5.74) is 3.85. The molecule has 0 saturated heterocycles. The van der Waals surface area contributed by atoms with E-state index in [0.717, 1.165) is 47.7 Å². The molecule has 1 aromatic heterocycles. The van der Waals surface area contributed by atoms with Crippen LogP contribution in [0.25, 0.3) is 22.5 Å². The van der Waals surface area contributed by atoms with Gasteiger partial charge in [-0.3, -0.25) is 9.78 Å². The van der Waals surface area contributed by atoms with Crippen LogP contribution >= 0.6 is 0 Å². The van der Waals surface area contributed by atoms with E-state index >= 15 is 0 Å². The first kappa shape index (κ1) is 25.3. The van der Waals surface area contributed by atoms with Gasteiger partial charge in [0.1, 0.15) is 5.82 Å². The smallest absolute Gasteiger partial charge is 1.00 e. The van der Waals surface area contributed by atoms with Crippen molar-refractivity contribution in [3.05, 3.63) is 66.9 Å². The molecule has 3 rings (SSSR count). The van der Waals surface area contributed by atoms with Crippen molar-refractivity contribution in [2.24, 2.45) is 0 Å². The van der Waals surface area contributed by atoms with E-state index in [9.17, 15) is 4.79 Å². The van der Waals surface area contributed by atoms with Gasteiger partial charge in [-0.25, -0.2) is 4.98 Å². The van der Waals surface area contributed by atoms with Crippen LogP contribution in [0.15, 0.2) is 66.9 Å². The fourth-order valence-electron chi connectivity index (χ4n) is 3.36. The summed E-state index contributed by atoms with van der Waals surface area (Å²) in [4.78, 5) is 23.1. The second kappa shape index (κ2) is 12.8. The number of anilines is 1. The van der Waals surface area contributed by atoms with E-state index in [1.54, 1.807) is 0 Å². The summed E-state index contributed by atoms with van der Waals surface area (Å²) in [5, 5.41) is 0. The summed E-state index contributed by atoms with van der Waals surface area (Å²) in [6.45, 7) is 7.03. The largest absolute Gasteiger partial charge is 2.00 e. The number of aromatic nitrogens is 2. The molecule has 0 spiro atoms. The zero-order valence-corrected chi connectivity index (χ0v) is 20.8. The normalized spacial score (nSPS) is 10.5. The van der Waals surface area contributed by atoms with E-state index in [4.69, 9.17) is 14.7 Å². The molecule has 0 radical (unpaired) electrons. The van der Waals surface area contributed by atoms with Gasteiger partial charge in [0.2, 0.25) is 0 Å². The standard InChI is InChI=1S/C25H29N3O2.Ca.2H/c1-19(2)28(16-10-11-17-30-20(3)29)23-18-26-24(21-12-6-4-7-13-21)25(27-23)22-14-8-5-9-15-22;;;/h4-9,12-15,18-19H,10-11,16-17H2,1-3H3;;;/q;+2;2*-1. The molecule has 0 aliphatic heterocycles. The number of benzene rings is 2. The number of nitrogens with zero attached hydrogens (tertiary/aromatic N) is 3. The molecular weight excluding hydrogens is 414 g/mol. The van der Waals surface area contributed by atoms with Crippen molar-refractivity contribution in [2.45, 2.75) is 39.7 Å². The molecule has 0 N–H and O–H groups in total. The molecule has 0 fully saturated rings. The molecule has 1 heterocycles. The summed E-state index contributed by atoms with van der Waals surface area (Å²) >= 11 is 0. The Hall–Kier alpha value is -1.95. The Kier molecular flexibility index (Phi) is 10.4. The maximum Gasteiger partial charge on any atom is 2.00 e. The Morgan fingerprint density at radius 2 is 1.55 bits per heavy atom. The second-order valence-electron chi connectivity index (χ2n) is 7.49. The van der Waals surface area contributed by atoms with Gasteiger partial charge in [0.25, 0.3) is 0 Å². The van der Waals surface area contributed by atoms with Gasteiger partial charge in [-0.1, -0.05) is 60.7 Å². The fourth-order valence-corrected chi connectivity index (χ4v) is 3.36. The van der Waals surface area contributed by atoms with E-state index in [0.29, 0.717) is 6.61 Å². The van der Waals surface area contributed by atoms with Crippen LogP contribution in [0, 0.1) is 0 Å². The molecule has 6 heteroatoms. The first-order valence-corrected chi connectivity index (χ1v) is 10.4. The van der Waals surface area contributed by atoms with Crippen LogP contribution in [-0.4, -0.2) is 72.9 Å². The number of carbonyl (C=O) groups is 1. The zero-order valence-electron chi connectivity index (χ0n) is 20.6. The van der Waals surface area contributed by atoms with Crippen molar-refractivity contribution in [2.75, 3.05) is 18.1 Å². The van der Waals surface area contributed by atoms with Crippen LogP contribution in [0.3, 0.4) is 0 Å². The Bertz CT molecular complexity index is 960. The minimum atomic E-state index is -0.231. The molecule has 0 aliphatic rings. The minimum Gasteiger partial charge on any atom is -1.00 e. The molecule has 2 aromatic carbocycles. The molecule has 3 aromatic rings. The first-order valence-electron chi connectivity index (χ1n) is 10.4. The number of carbonyl (C=O) groups excluding carboxylic acids is 1. The number of rotatable bonds is 9. The maximum atomic E-state index is 10.9. The Morgan fingerprint density at radius 1 is 0.968 bits per heavy atom. The molecule has 0 atom stereocenters. The molecule has 0 bridgehead atoms. The van der Waals surface area contributed by atoms with E-state index in [1.807, 2.05) is 42.6 Å². The van der Waals surface area contributed by atoms with Gasteiger partial charge in [0.15, 0.2) is 0 Å². The fraction of sp³-hybridized carbons (Fsp3) is 0.320. The third kappa shape index (κ3) is 7.30. The van der Waals surface area contributed by atoms with Gasteiger partial charge >= 0.3 is 43.7 Å². The maximum absolute atomic E-state index is 10.9. The van der Waals surface area contributed by atoms with Crippen molar-refractivity contribution in [1.29, 1.82) is 0 Å². The topological polar surface area (TPSA) is 55.3 Å². The Morgan fingerprint density at radius 3 is 2.10 bits per heavy atom. The van der Waals surface area contributed by atoms with Crippen molar-refractivity contribution >= 4 is 49.5 Å². The number of hydrogen-bond acceptors (Lipinski definition) is 5. The molecule has 160 valence electrons. The van der Waals surface area contributed by atoms with Crippen molar-refractivity contribution < 1.29 is 12.4 Å². The number of esters is 1. The minimum absolute atomic E-state index is 0. The van der Waals surface area contributed by atoms with Crippen LogP contribution in [-0.2, 0) is 9.53 Å². The van der Waals surface area contributed by atoms with Crippen LogP contribution in [0.2, 0.25) is 0 Å². The van der Waals surface area contributed by atoms with Gasteiger partial charge in [0, 0.05) is 30.6 Å². The molecule has 31 heavy (non-hydrogen) atoms. The van der Waals surface area contributed by atoms with E-state index in [2.05, 4.69) is 43.0 Å². The van der Waals surface area contributed by atoms with Gasteiger partial charge < -0.3 is 12.5 Å². The molecule has 0 aliphatic carbocycles. The quantitative estimate of drug-likeness (QED) is 0.257. The third-order valence-electron chi connectivity index (χ3n) is 4.87. The number of ether oxygens (including phenoxy) is 1. The summed E-state index contributed by atoms with van der Waals surface area (Å²) in [6.07, 6.45) is 3.60. The van der Waals surface area contributed by atoms with E-state index in [1.165, 1.54) is 6.92 Å². The number of hydrogen-bond donors (Lipinski definition) is 0. The number of unbranched alkanes of at least 4 members (excludes halogenated alkanes) is 1. The van der Waals surface area contributed by atoms with E-state index in [-0.39, 0.29) is 52.6 Å². The molecule has 0 unspecified atom stereocenters. The van der Waals surface area contributed by atoms with Crippen molar-refractivity contribution in [3.8, 4) is 22.5 Å². The van der Waals surface area contributed by atoms with Crippen molar-refractivity contribution in [1.82, 2.24) is 9.97 Å². The Labute approximate surface area is 217 Å². The van der Waals surface area contributed by atoms with Crippen LogP contribution in [0.1, 0.15) is 36.5 Å². The Balaban J connectivity index is 0.00000341. The van der Waals surface area contributed by atoms with Crippen LogP contribution in [0.5, 0.6) is 0 Å². The van der Waals surface area contributed by atoms with Crippen LogP contribution < -0.4 is 4.90 Å². The van der Waals surface area contributed by atoms with Crippen molar-refractivity contribution in [3.63, 3.8) is 0 Å². The zero-order chi connectivity index (χ0) is 21.3. The average molecular weight is 446 g/mol. The summed E-state index contributed by atoms with van der Waals surface area (Å²) in [6, 6.07) is 20.6. The van der Waals surface area contributed by atoms with Crippen LogP contribution in [0.4, 0.5) is 5.82 Å². The summed E-state index contributed by atoms with van der Waals surface area (Å²) < 4.78 is 5.05. The first-order chi connectivity index (χ1) is 14.6. The molecule has 0 amide bonds. The second-order valence-corrected chi connectivity index (χ2v) is 7.49. The third-order valence-corrected chi connectivity index (χ3v) is 4.87. The van der Waals surface area contributed by atoms with Gasteiger partial charge in [-0.15, -0.1) is 0 Å². The molecule has 0 saturated carbocycles. The SMILES string of the molecule is CC(=O)OCCCCN(c1cnc(-c2ccccc2)c(-c2ccccc2)n1)C(C)C.[Ca+2].[H-].[H-]. The molecular formula is C25H31CaN3O2. The van der Waals surface area contributed by atoms with Gasteiger partial charge in [-0.05, 0) is 26.7 Å².